The van der Waals surface area contributed by atoms with Crippen LogP contribution < -0.4 is 21.5 Å². The largest absolute Gasteiger partial charge is 0.339 e. The molecular weight excluding hydrogens is 1200 g/mol. The highest BCUT2D eigenvalue weighted by molar-refractivity contribution is 7.87. The summed E-state index contributed by atoms with van der Waals surface area (Å²) < 4.78 is 170. The molecule has 0 spiro atoms. The maximum atomic E-state index is 12.6. The van der Waals surface area contributed by atoms with E-state index < -0.39 is 80.9 Å². The molecule has 0 unspecified atom stereocenters. The average molecular weight is 1230 g/mol. The van der Waals surface area contributed by atoms with Gasteiger partial charge in [0.25, 0.3) is 50.6 Å². The molecule has 0 atom stereocenters. The molecule has 0 fully saturated rings. The van der Waals surface area contributed by atoms with E-state index >= 15 is 0 Å². The number of fused-ring (bicyclic) bond motifs is 2. The van der Waals surface area contributed by atoms with Gasteiger partial charge in [-0.3, -0.25) is 22.8 Å². The Kier molecular flexibility index (Phi) is 15.5. The number of anilines is 6. The smallest absolute Gasteiger partial charge is 0.295 e. The van der Waals surface area contributed by atoms with Crippen LogP contribution in [0.2, 0.25) is 5.02 Å². The Labute approximate surface area is 468 Å². The minimum atomic E-state index is -5.27. The van der Waals surface area contributed by atoms with Crippen molar-refractivity contribution in [2.45, 2.75) is 31.4 Å². The van der Waals surface area contributed by atoms with Crippen molar-refractivity contribution in [2.75, 3.05) is 21.5 Å². The maximum Gasteiger partial charge on any atom is 0.295 e. The average Bonchev–Trinajstić information content (AvgIpc) is 3.84. The molecule has 0 aliphatic heterocycles. The maximum absolute atomic E-state index is 12.6. The molecule has 9 rings (SSSR count). The van der Waals surface area contributed by atoms with E-state index in [2.05, 4.69) is 53.0 Å². The molecule has 0 saturated carbocycles. The van der Waals surface area contributed by atoms with Crippen LogP contribution in [0.15, 0.2) is 178 Å². The van der Waals surface area contributed by atoms with Gasteiger partial charge in [0.2, 0.25) is 5.13 Å². The van der Waals surface area contributed by atoms with Gasteiger partial charge in [0.05, 0.1) is 37.3 Å². The molecular formula is C48H34ClN11O15S6. The molecule has 0 radical (unpaired) electrons. The zero-order valence-corrected chi connectivity index (χ0v) is 46.1. The zero-order valence-electron chi connectivity index (χ0n) is 40.5. The number of nitriles is 1. The van der Waals surface area contributed by atoms with E-state index in [-0.39, 0.29) is 66.2 Å². The van der Waals surface area contributed by atoms with E-state index in [1.807, 2.05) is 0 Å². The van der Waals surface area contributed by atoms with Gasteiger partial charge in [0, 0.05) is 49.1 Å². The summed E-state index contributed by atoms with van der Waals surface area (Å²) in [4.78, 5) is 5.36. The van der Waals surface area contributed by atoms with Crippen LogP contribution in [0.5, 0.6) is 0 Å². The number of hydrogen-bond donors (Lipinski definition) is 9. The third kappa shape index (κ3) is 12.8. The van der Waals surface area contributed by atoms with E-state index in [0.29, 0.717) is 44.9 Å². The van der Waals surface area contributed by atoms with E-state index in [1.54, 1.807) is 67.6 Å². The van der Waals surface area contributed by atoms with Crippen LogP contribution in [-0.2, 0) is 50.6 Å². The number of thiazole rings is 1. The fraction of sp³-hybridized carbons (Fsp3) is 0.0208. The summed E-state index contributed by atoms with van der Waals surface area (Å²) in [5, 5.41) is 34.9. The van der Waals surface area contributed by atoms with Crippen molar-refractivity contribution in [3.63, 3.8) is 0 Å². The van der Waals surface area contributed by atoms with Crippen LogP contribution in [0.25, 0.3) is 32.8 Å². The van der Waals surface area contributed by atoms with Crippen LogP contribution in [-0.4, -0.2) is 74.8 Å². The van der Waals surface area contributed by atoms with E-state index in [1.165, 1.54) is 24.3 Å². The quantitative estimate of drug-likeness (QED) is 0.0232. The van der Waals surface area contributed by atoms with Gasteiger partial charge in [0.1, 0.15) is 27.2 Å². The SMILES string of the molecule is Cc1c(C#N)c(Nc2ccc(S(=O)(=O)O)cc2)nc(Nc2ccc(S(=O)(=O)O)cc2)c1N=Nc1nc(-c2ccc(Cl)cc2)c(N=Nc2ccc(NNc3cc(S(=O)(=O)O)c4cc(S(=O)(=O)O)cc(S(=O)(=O)O)c4c3)c3ccccc23)s1. The lowest BCUT2D eigenvalue weighted by atomic mass is 10.1. The zero-order chi connectivity index (χ0) is 58.4. The fourth-order valence-corrected chi connectivity index (χ4v) is 11.7. The first-order valence-electron chi connectivity index (χ1n) is 22.4. The Morgan fingerprint density at radius 1 is 0.531 bits per heavy atom. The highest BCUT2D eigenvalue weighted by atomic mass is 35.5. The Hall–Kier alpha value is -8.43. The Morgan fingerprint density at radius 2 is 1.09 bits per heavy atom. The number of azo groups is 2. The van der Waals surface area contributed by atoms with E-state index in [0.717, 1.165) is 47.7 Å². The summed E-state index contributed by atoms with van der Waals surface area (Å²) in [5.41, 5.74) is 7.63. The highest BCUT2D eigenvalue weighted by Crippen LogP contribution is 2.44. The molecule has 26 nitrogen and oxygen atoms in total. The van der Waals surface area contributed by atoms with Gasteiger partial charge >= 0.3 is 0 Å². The topological polar surface area (TPSA) is 419 Å². The third-order valence-electron chi connectivity index (χ3n) is 11.6. The van der Waals surface area contributed by atoms with Gasteiger partial charge in [-0.05, 0) is 104 Å². The number of rotatable bonds is 17. The lowest BCUT2D eigenvalue weighted by Crippen LogP contribution is -2.11. The van der Waals surface area contributed by atoms with Gasteiger partial charge in [-0.25, -0.2) is 9.97 Å². The van der Waals surface area contributed by atoms with Crippen LogP contribution >= 0.6 is 22.9 Å². The molecule has 33 heteroatoms. The number of halogens is 1. The summed E-state index contributed by atoms with van der Waals surface area (Å²) in [7, 11) is -24.7. The number of aromatic nitrogens is 2. The standard InChI is InChI=1S/C48H34ClN11O15S6/c1-25-38(24-50)45(51-28-10-14-31(15-11-28)77(61,62)63)54-46(52-29-12-16-32(17-13-29)78(64,65)66)43(25)58-60-48-53-44(26-6-8-27(49)9-7-26)47(76-48)59-57-40-19-18-39(34-4-2-3-5-35(34)40)56-55-30-20-36-37(41(21-30)80(70,71)72)22-33(79(67,68)69)23-42(36)81(73,74)75/h2-23,55-56H,1H3,(H2,51,52,54)(H,61,62,63)(H,64,65,66)(H,67,68,69)(H,70,71,72)(H,73,74,75). The van der Waals surface area contributed by atoms with Gasteiger partial charge < -0.3 is 21.5 Å². The van der Waals surface area contributed by atoms with Crippen LogP contribution in [0.4, 0.5) is 55.9 Å². The van der Waals surface area contributed by atoms with Crippen molar-refractivity contribution in [3.05, 3.63) is 150 Å². The van der Waals surface area contributed by atoms with Crippen molar-refractivity contribution < 1.29 is 64.9 Å². The Bertz CT molecular complexity index is 4760. The first kappa shape index (κ1) is 57.3. The van der Waals surface area contributed by atoms with Gasteiger partial charge in [0.15, 0.2) is 16.6 Å². The molecule has 2 heterocycles. The summed E-state index contributed by atoms with van der Waals surface area (Å²) in [6.07, 6.45) is 0. The fourth-order valence-electron chi connectivity index (χ4n) is 7.86. The number of benzene rings is 7. The number of nitrogens with zero attached hydrogens (tertiary/aromatic N) is 7. The lowest BCUT2D eigenvalue weighted by molar-refractivity contribution is 0.478. The van der Waals surface area contributed by atoms with Gasteiger partial charge in [-0.1, -0.05) is 59.3 Å². The van der Waals surface area contributed by atoms with Crippen molar-refractivity contribution >= 4 is 151 Å². The Morgan fingerprint density at radius 3 is 1.65 bits per heavy atom. The van der Waals surface area contributed by atoms with Crippen molar-refractivity contribution in [3.8, 4) is 17.3 Å². The Balaban J connectivity index is 1.07. The normalized spacial score (nSPS) is 12.5. The van der Waals surface area contributed by atoms with Crippen LogP contribution in [0.3, 0.4) is 0 Å². The van der Waals surface area contributed by atoms with E-state index in [4.69, 9.17) is 16.6 Å². The van der Waals surface area contributed by atoms with Gasteiger partial charge in [-0.2, -0.15) is 47.4 Å². The van der Waals surface area contributed by atoms with Gasteiger partial charge in [-0.15, -0.1) is 20.5 Å². The summed E-state index contributed by atoms with van der Waals surface area (Å²) in [6.45, 7) is 1.55. The molecule has 0 aliphatic carbocycles. The molecule has 0 saturated heterocycles. The number of pyridine rings is 1. The predicted molar refractivity (Wildman–Crippen MR) is 298 cm³/mol. The molecule has 0 amide bonds. The van der Waals surface area contributed by atoms with E-state index in [9.17, 15) is 70.1 Å². The molecule has 414 valence electrons. The van der Waals surface area contributed by atoms with Crippen molar-refractivity contribution in [2.24, 2.45) is 20.5 Å². The van der Waals surface area contributed by atoms with Crippen LogP contribution in [0, 0.1) is 18.3 Å². The minimum absolute atomic E-state index is 0.00959. The monoisotopic (exact) mass is 1230 g/mol. The first-order chi connectivity index (χ1) is 38.0. The van der Waals surface area contributed by atoms with Crippen molar-refractivity contribution in [1.29, 1.82) is 5.26 Å². The number of hydrogen-bond acceptors (Lipinski definition) is 22. The second-order valence-electron chi connectivity index (χ2n) is 16.9. The number of nitrogens with one attached hydrogen (secondary N) is 4. The third-order valence-corrected chi connectivity index (χ3v) is 17.1. The molecule has 81 heavy (non-hydrogen) atoms. The van der Waals surface area contributed by atoms with Crippen molar-refractivity contribution in [1.82, 2.24) is 9.97 Å². The summed E-state index contributed by atoms with van der Waals surface area (Å²) in [5.74, 6) is -0.0537. The molecule has 7 aromatic carbocycles. The molecule has 2 aromatic heterocycles. The second kappa shape index (κ2) is 21.9. The first-order valence-corrected chi connectivity index (χ1v) is 30.8. The number of hydrazine groups is 1. The molecule has 9 N–H and O–H groups in total. The highest BCUT2D eigenvalue weighted by Gasteiger charge is 2.27. The molecule has 0 bridgehead atoms. The van der Waals surface area contributed by atoms with Crippen LogP contribution in [0.1, 0.15) is 11.1 Å². The molecule has 0 aliphatic rings. The lowest BCUT2D eigenvalue weighted by Gasteiger charge is -2.16. The summed E-state index contributed by atoms with van der Waals surface area (Å²) >= 11 is 7.19. The minimum Gasteiger partial charge on any atom is -0.339 e. The second-order valence-corrected chi connectivity index (χ2v) is 25.4. The predicted octanol–water partition coefficient (Wildman–Crippen LogP) is 11.3. The molecule has 9 aromatic rings. The summed E-state index contributed by atoms with van der Waals surface area (Å²) in [6, 6.07) is 31.4.